The van der Waals surface area contributed by atoms with Crippen LogP contribution in [0.15, 0.2) is 86.8 Å². The van der Waals surface area contributed by atoms with Crippen molar-refractivity contribution >= 4 is 33.7 Å². The van der Waals surface area contributed by atoms with Crippen LogP contribution in [0.3, 0.4) is 0 Å². The van der Waals surface area contributed by atoms with Crippen molar-refractivity contribution in [2.45, 2.75) is 13.0 Å². The summed E-state index contributed by atoms with van der Waals surface area (Å²) in [5, 5.41) is 0.803. The first kappa shape index (κ1) is 21.0. The van der Waals surface area contributed by atoms with E-state index in [-0.39, 0.29) is 11.1 Å². The number of ether oxygens (including phenoxy) is 1. The molecule has 0 fully saturated rings. The maximum absolute atomic E-state index is 13.6. The van der Waals surface area contributed by atoms with Gasteiger partial charge >= 0.3 is 0 Å². The molecule has 0 amide bonds. The van der Waals surface area contributed by atoms with E-state index in [9.17, 15) is 9.59 Å². The third-order valence-corrected chi connectivity index (χ3v) is 5.82. The van der Waals surface area contributed by atoms with E-state index in [1.165, 1.54) is 11.7 Å². The zero-order chi connectivity index (χ0) is 22.9. The fourth-order valence-electron chi connectivity index (χ4n) is 3.86. The van der Waals surface area contributed by atoms with Gasteiger partial charge in [-0.1, -0.05) is 41.9 Å². The van der Waals surface area contributed by atoms with Gasteiger partial charge in [-0.3, -0.25) is 14.2 Å². The first-order valence-corrected chi connectivity index (χ1v) is 10.8. The zero-order valence-corrected chi connectivity index (χ0v) is 18.5. The summed E-state index contributed by atoms with van der Waals surface area (Å²) in [6.45, 7) is 0.351. The van der Waals surface area contributed by atoms with Crippen LogP contribution < -0.4 is 15.7 Å². The maximum Gasteiger partial charge on any atom is 0.269 e. The molecule has 5 rings (SSSR count). The molecule has 0 atom stereocenters. The van der Waals surface area contributed by atoms with E-state index in [2.05, 4.69) is 4.98 Å². The highest BCUT2D eigenvalue weighted by Crippen LogP contribution is 2.24. The van der Waals surface area contributed by atoms with E-state index < -0.39 is 11.0 Å². The summed E-state index contributed by atoms with van der Waals surface area (Å²) >= 11 is 6.06. The molecule has 0 unspecified atom stereocenters. The molecular weight excluding hydrogens is 440 g/mol. The van der Waals surface area contributed by atoms with Crippen molar-refractivity contribution < 1.29 is 9.15 Å². The van der Waals surface area contributed by atoms with Gasteiger partial charge in [0.1, 0.15) is 17.2 Å². The first-order chi connectivity index (χ1) is 16.0. The number of hydrogen-bond acceptors (Lipinski definition) is 5. The second-order valence-corrected chi connectivity index (χ2v) is 8.04. The fraction of sp³-hybridized carbons (Fsp3) is 0.115. The van der Waals surface area contributed by atoms with E-state index >= 15 is 0 Å². The molecule has 2 aromatic heterocycles. The van der Waals surface area contributed by atoms with Crippen LogP contribution in [0.1, 0.15) is 5.56 Å². The molecule has 164 valence electrons. The maximum atomic E-state index is 13.6. The third kappa shape index (κ3) is 3.90. The van der Waals surface area contributed by atoms with Crippen molar-refractivity contribution in [2.75, 3.05) is 7.11 Å². The highest BCUT2D eigenvalue weighted by molar-refractivity contribution is 6.30. The molecule has 0 aliphatic heterocycles. The number of benzene rings is 3. The highest BCUT2D eigenvalue weighted by atomic mass is 35.5. The Balaban J connectivity index is 1.77. The number of aryl methyl sites for hydroxylation is 1. The molecule has 3 aromatic carbocycles. The normalized spacial score (nSPS) is 11.2. The van der Waals surface area contributed by atoms with Gasteiger partial charge in [-0.05, 0) is 48.4 Å². The van der Waals surface area contributed by atoms with Crippen LogP contribution in [0.25, 0.3) is 33.5 Å². The van der Waals surface area contributed by atoms with Crippen molar-refractivity contribution in [3.8, 4) is 17.1 Å². The third-order valence-electron chi connectivity index (χ3n) is 5.57. The fourth-order valence-corrected chi connectivity index (χ4v) is 3.98. The molecule has 33 heavy (non-hydrogen) atoms. The molecule has 0 saturated heterocycles. The summed E-state index contributed by atoms with van der Waals surface area (Å²) in [5.41, 5.74) is 1.22. The minimum atomic E-state index is -0.438. The Labute approximate surface area is 193 Å². The molecule has 5 aromatic rings. The first-order valence-electron chi connectivity index (χ1n) is 10.4. The van der Waals surface area contributed by atoms with Gasteiger partial charge < -0.3 is 9.15 Å². The largest absolute Gasteiger partial charge is 0.497 e. The number of aromatic nitrogens is 2. The van der Waals surface area contributed by atoms with Crippen LogP contribution in [-0.4, -0.2) is 16.7 Å². The smallest absolute Gasteiger partial charge is 0.269 e. The summed E-state index contributed by atoms with van der Waals surface area (Å²) in [4.78, 5) is 31.5. The van der Waals surface area contributed by atoms with Gasteiger partial charge in [-0.2, -0.15) is 4.98 Å². The van der Waals surface area contributed by atoms with E-state index in [0.29, 0.717) is 46.1 Å². The second kappa shape index (κ2) is 8.56. The summed E-state index contributed by atoms with van der Waals surface area (Å²) < 4.78 is 12.7. The van der Waals surface area contributed by atoms with Gasteiger partial charge in [-0.15, -0.1) is 0 Å². The van der Waals surface area contributed by atoms with Crippen LogP contribution in [0.5, 0.6) is 5.75 Å². The van der Waals surface area contributed by atoms with Crippen molar-refractivity contribution in [2.24, 2.45) is 0 Å². The predicted octanol–water partition coefficient (Wildman–Crippen LogP) is 5.07. The lowest BCUT2D eigenvalue weighted by Gasteiger charge is -2.14. The highest BCUT2D eigenvalue weighted by Gasteiger charge is 2.19. The average molecular weight is 459 g/mol. The monoisotopic (exact) mass is 458 g/mol. The number of nitrogens with zero attached hydrogens (tertiary/aromatic N) is 2. The molecule has 0 aliphatic rings. The lowest BCUT2D eigenvalue weighted by Crippen LogP contribution is -2.28. The van der Waals surface area contributed by atoms with E-state index in [0.717, 1.165) is 5.56 Å². The van der Waals surface area contributed by atoms with Crippen LogP contribution in [0, 0.1) is 0 Å². The minimum absolute atomic E-state index is 0.00772. The molecular formula is C26H19ClN2O4. The van der Waals surface area contributed by atoms with Gasteiger partial charge in [0.05, 0.1) is 12.5 Å². The molecule has 0 spiro atoms. The molecule has 2 heterocycles. The summed E-state index contributed by atoms with van der Waals surface area (Å²) in [6, 6.07) is 21.7. The number of rotatable bonds is 5. The van der Waals surface area contributed by atoms with Gasteiger partial charge in [0.25, 0.3) is 5.56 Å². The van der Waals surface area contributed by atoms with Crippen molar-refractivity contribution in [1.82, 2.24) is 9.55 Å². The number of fused-ring (bicyclic) bond motifs is 2. The standard InChI is InChI=1S/C26H19ClN2O4/c1-32-19-11-12-20-21(15-19)33-25-22(23(20)30)26(31)29(14-13-16-5-3-2-4-6-16)24(28-25)17-7-9-18(27)10-8-17/h2-12,15H,13-14H2,1H3. The summed E-state index contributed by atoms with van der Waals surface area (Å²) in [7, 11) is 1.53. The van der Waals surface area contributed by atoms with Crippen LogP contribution in [0.4, 0.5) is 0 Å². The second-order valence-electron chi connectivity index (χ2n) is 7.61. The molecule has 0 aliphatic carbocycles. The summed E-state index contributed by atoms with van der Waals surface area (Å²) in [6.07, 6.45) is 0.602. The molecule has 0 radical (unpaired) electrons. The summed E-state index contributed by atoms with van der Waals surface area (Å²) in [5.74, 6) is 0.949. The lowest BCUT2D eigenvalue weighted by molar-refractivity contribution is 0.414. The van der Waals surface area contributed by atoms with E-state index in [1.54, 1.807) is 42.5 Å². The predicted molar refractivity (Wildman–Crippen MR) is 129 cm³/mol. The SMILES string of the molecule is COc1ccc2c(=O)c3c(=O)n(CCc4ccccc4)c(-c4ccc(Cl)cc4)nc3oc2c1. The lowest BCUT2D eigenvalue weighted by atomic mass is 10.1. The van der Waals surface area contributed by atoms with Gasteiger partial charge in [0.15, 0.2) is 5.39 Å². The van der Waals surface area contributed by atoms with Crippen LogP contribution in [0.2, 0.25) is 5.02 Å². The minimum Gasteiger partial charge on any atom is -0.497 e. The number of halogens is 1. The molecule has 0 bridgehead atoms. The van der Waals surface area contributed by atoms with E-state index in [4.69, 9.17) is 20.8 Å². The molecule has 0 saturated carbocycles. The Morgan fingerprint density at radius 1 is 1.00 bits per heavy atom. The molecule has 0 N–H and O–H groups in total. The topological polar surface area (TPSA) is 74.3 Å². The van der Waals surface area contributed by atoms with Crippen LogP contribution >= 0.6 is 11.6 Å². The number of hydrogen-bond donors (Lipinski definition) is 0. The van der Waals surface area contributed by atoms with Crippen molar-refractivity contribution in [1.29, 1.82) is 0 Å². The average Bonchev–Trinajstić information content (AvgIpc) is 2.84. The Kier molecular flexibility index (Phi) is 5.44. The number of methoxy groups -OCH3 is 1. The zero-order valence-electron chi connectivity index (χ0n) is 17.7. The van der Waals surface area contributed by atoms with Gasteiger partial charge in [0, 0.05) is 23.2 Å². The van der Waals surface area contributed by atoms with Crippen molar-refractivity contribution in [3.05, 3.63) is 104 Å². The molecule has 7 heteroatoms. The Morgan fingerprint density at radius 2 is 1.76 bits per heavy atom. The van der Waals surface area contributed by atoms with Gasteiger partial charge in [-0.25, -0.2) is 0 Å². The quantitative estimate of drug-likeness (QED) is 0.343. The Hall–Kier alpha value is -3.90. The Bertz CT molecular complexity index is 1590. The van der Waals surface area contributed by atoms with E-state index in [1.807, 2.05) is 30.3 Å². The van der Waals surface area contributed by atoms with Gasteiger partial charge in [0.2, 0.25) is 11.1 Å². The Morgan fingerprint density at radius 3 is 2.48 bits per heavy atom. The molecule has 6 nitrogen and oxygen atoms in total. The van der Waals surface area contributed by atoms with Crippen molar-refractivity contribution in [3.63, 3.8) is 0 Å². The van der Waals surface area contributed by atoms with Crippen LogP contribution in [-0.2, 0) is 13.0 Å².